The van der Waals surface area contributed by atoms with Crippen molar-refractivity contribution in [1.29, 1.82) is 0 Å². The standard InChI is InChI=1S/C15H17NO2.C7H14O.C5H10/c1-5-6-13-10(2)12-8-7-11(15(17)18-4)9-14(12)16(13)3;1-3-4-5-6-7-8-2;1-2-4-5-3-1/h5-9H,1-4H3;5-6H,3-4,7H2,1-2H3;1-5H2/b6-5+;6-5-;. The topological polar surface area (TPSA) is 40.5 Å². The average molecular weight is 428 g/mol. The van der Waals surface area contributed by atoms with Gasteiger partial charge in [0, 0.05) is 30.8 Å². The highest BCUT2D eigenvalue weighted by atomic mass is 16.5. The lowest BCUT2D eigenvalue weighted by Gasteiger charge is -2.02. The minimum Gasteiger partial charge on any atom is -0.465 e. The lowest BCUT2D eigenvalue weighted by molar-refractivity contribution is 0.0601. The number of aryl methyl sites for hydroxylation is 2. The molecule has 1 aromatic carbocycles. The number of hydrogen-bond acceptors (Lipinski definition) is 3. The summed E-state index contributed by atoms with van der Waals surface area (Å²) in [7, 11) is 5.11. The maximum atomic E-state index is 11.5. The monoisotopic (exact) mass is 427 g/mol. The van der Waals surface area contributed by atoms with Gasteiger partial charge < -0.3 is 14.0 Å². The highest BCUT2D eigenvalue weighted by Gasteiger charge is 2.12. The largest absolute Gasteiger partial charge is 0.465 e. The molecule has 31 heavy (non-hydrogen) atoms. The van der Waals surface area contributed by atoms with Crippen LogP contribution in [-0.2, 0) is 16.5 Å². The highest BCUT2D eigenvalue weighted by Crippen LogP contribution is 2.26. The highest BCUT2D eigenvalue weighted by molar-refractivity contribution is 5.96. The molecule has 2 aromatic rings. The SMILES string of the molecule is C/C=C/c1c(C)c2ccc(C(=O)OC)cc2n1C.C1CCCC1.CCC/C=C\COC. The van der Waals surface area contributed by atoms with Crippen LogP contribution in [0.25, 0.3) is 17.0 Å². The third-order valence-corrected chi connectivity index (χ3v) is 5.39. The van der Waals surface area contributed by atoms with Crippen molar-refractivity contribution in [2.75, 3.05) is 20.8 Å². The molecule has 0 spiro atoms. The van der Waals surface area contributed by atoms with Crippen molar-refractivity contribution < 1.29 is 14.3 Å². The van der Waals surface area contributed by atoms with E-state index in [-0.39, 0.29) is 5.97 Å². The van der Waals surface area contributed by atoms with Crippen LogP contribution in [0, 0.1) is 6.92 Å². The molecule has 0 N–H and O–H groups in total. The molecule has 0 aliphatic heterocycles. The number of nitrogens with zero attached hydrogens (tertiary/aromatic N) is 1. The Labute approximate surface area is 188 Å². The average Bonchev–Trinajstić information content (AvgIpc) is 3.45. The molecule has 3 rings (SSSR count). The van der Waals surface area contributed by atoms with E-state index in [1.165, 1.54) is 63.0 Å². The summed E-state index contributed by atoms with van der Waals surface area (Å²) in [5.41, 5.74) is 4.01. The minimum atomic E-state index is -0.302. The Hall–Kier alpha value is -2.33. The summed E-state index contributed by atoms with van der Waals surface area (Å²) in [4.78, 5) is 11.5. The predicted octanol–water partition coefficient (Wildman–Crippen LogP) is 7.25. The van der Waals surface area contributed by atoms with Crippen molar-refractivity contribution in [2.45, 2.75) is 65.7 Å². The zero-order valence-corrected chi connectivity index (χ0v) is 20.4. The Balaban J connectivity index is 0.000000304. The molecule has 1 heterocycles. The third kappa shape index (κ3) is 8.74. The molecular weight excluding hydrogens is 386 g/mol. The van der Waals surface area contributed by atoms with E-state index >= 15 is 0 Å². The normalized spacial score (nSPS) is 13.2. The van der Waals surface area contributed by atoms with Crippen molar-refractivity contribution in [2.24, 2.45) is 7.05 Å². The summed E-state index contributed by atoms with van der Waals surface area (Å²) in [6.45, 7) is 7.00. The number of unbranched alkanes of at least 4 members (excludes halogenated alkanes) is 1. The van der Waals surface area contributed by atoms with E-state index in [1.54, 1.807) is 13.2 Å². The first-order valence-corrected chi connectivity index (χ1v) is 11.5. The van der Waals surface area contributed by atoms with Crippen LogP contribution < -0.4 is 0 Å². The van der Waals surface area contributed by atoms with E-state index in [4.69, 9.17) is 9.47 Å². The summed E-state index contributed by atoms with van der Waals surface area (Å²) >= 11 is 0. The molecule has 0 saturated heterocycles. The van der Waals surface area contributed by atoms with Crippen molar-refractivity contribution in [1.82, 2.24) is 4.57 Å². The predicted molar refractivity (Wildman–Crippen MR) is 133 cm³/mol. The zero-order chi connectivity index (χ0) is 23.1. The second-order valence-electron chi connectivity index (χ2n) is 7.78. The van der Waals surface area contributed by atoms with Crippen molar-refractivity contribution >= 4 is 22.9 Å². The lowest BCUT2D eigenvalue weighted by Crippen LogP contribution is -2.01. The molecular formula is C27H41NO3. The number of fused-ring (bicyclic) bond motifs is 1. The lowest BCUT2D eigenvalue weighted by atomic mass is 10.1. The van der Waals surface area contributed by atoms with Gasteiger partial charge in [-0.1, -0.05) is 69.7 Å². The number of carbonyl (C=O) groups is 1. The molecule has 172 valence electrons. The van der Waals surface area contributed by atoms with E-state index < -0.39 is 0 Å². The number of esters is 1. The first-order valence-electron chi connectivity index (χ1n) is 11.5. The summed E-state index contributed by atoms with van der Waals surface area (Å²) < 4.78 is 11.6. The van der Waals surface area contributed by atoms with Crippen LogP contribution in [0.5, 0.6) is 0 Å². The number of carbonyl (C=O) groups excluding carboxylic acids is 1. The number of hydrogen-bond donors (Lipinski definition) is 0. The van der Waals surface area contributed by atoms with E-state index in [0.29, 0.717) is 5.56 Å². The van der Waals surface area contributed by atoms with Gasteiger partial charge in [0.2, 0.25) is 0 Å². The van der Waals surface area contributed by atoms with Crippen molar-refractivity contribution in [3.05, 3.63) is 53.2 Å². The Bertz CT molecular complexity index is 826. The molecule has 4 heteroatoms. The van der Waals surface area contributed by atoms with Crippen LogP contribution in [0.1, 0.15) is 80.4 Å². The fourth-order valence-electron chi connectivity index (χ4n) is 3.62. The van der Waals surface area contributed by atoms with Gasteiger partial charge in [-0.2, -0.15) is 0 Å². The summed E-state index contributed by atoms with van der Waals surface area (Å²) in [6, 6.07) is 5.66. The number of aromatic nitrogens is 1. The molecule has 0 atom stereocenters. The van der Waals surface area contributed by atoms with E-state index in [1.807, 2.05) is 38.3 Å². The fraction of sp³-hybridized carbons (Fsp3) is 0.519. The molecule has 1 aromatic heterocycles. The Morgan fingerprint density at radius 3 is 2.26 bits per heavy atom. The maximum Gasteiger partial charge on any atom is 0.337 e. The molecule has 4 nitrogen and oxygen atoms in total. The van der Waals surface area contributed by atoms with Crippen molar-refractivity contribution in [3.8, 4) is 0 Å². The zero-order valence-electron chi connectivity index (χ0n) is 20.4. The number of rotatable bonds is 6. The van der Waals surface area contributed by atoms with Gasteiger partial charge >= 0.3 is 5.97 Å². The van der Waals surface area contributed by atoms with Gasteiger partial charge in [0.05, 0.1) is 19.3 Å². The Morgan fingerprint density at radius 2 is 1.74 bits per heavy atom. The minimum absolute atomic E-state index is 0.302. The van der Waals surface area contributed by atoms with Crippen LogP contribution in [0.3, 0.4) is 0 Å². The molecule has 1 aliphatic rings. The second-order valence-corrected chi connectivity index (χ2v) is 7.78. The second kappa shape index (κ2) is 15.5. The first kappa shape index (κ1) is 26.7. The van der Waals surface area contributed by atoms with Gasteiger partial charge in [-0.25, -0.2) is 4.79 Å². The maximum absolute atomic E-state index is 11.5. The van der Waals surface area contributed by atoms with Crippen LogP contribution in [0.15, 0.2) is 36.4 Å². The number of methoxy groups -OCH3 is 2. The van der Waals surface area contributed by atoms with Gasteiger partial charge in [-0.05, 0) is 44.0 Å². The molecule has 0 amide bonds. The van der Waals surface area contributed by atoms with Crippen LogP contribution in [0.2, 0.25) is 0 Å². The number of benzene rings is 1. The Morgan fingerprint density at radius 1 is 1.10 bits per heavy atom. The molecule has 1 aliphatic carbocycles. The third-order valence-electron chi connectivity index (χ3n) is 5.39. The van der Waals surface area contributed by atoms with Gasteiger partial charge in [-0.3, -0.25) is 0 Å². The summed E-state index contributed by atoms with van der Waals surface area (Å²) in [6.07, 6.45) is 18.2. The van der Waals surface area contributed by atoms with Gasteiger partial charge in [0.1, 0.15) is 0 Å². The quantitative estimate of drug-likeness (QED) is 0.360. The summed E-state index contributed by atoms with van der Waals surface area (Å²) in [5.74, 6) is -0.302. The number of allylic oxidation sites excluding steroid dienone is 2. The first-order chi connectivity index (χ1) is 15.0. The van der Waals surface area contributed by atoms with Crippen LogP contribution in [0.4, 0.5) is 0 Å². The van der Waals surface area contributed by atoms with Gasteiger partial charge in [0.15, 0.2) is 0 Å². The van der Waals surface area contributed by atoms with Crippen LogP contribution in [-0.4, -0.2) is 31.4 Å². The van der Waals surface area contributed by atoms with Crippen molar-refractivity contribution in [3.63, 3.8) is 0 Å². The molecule has 1 fully saturated rings. The van der Waals surface area contributed by atoms with E-state index in [2.05, 4.69) is 30.6 Å². The molecule has 1 saturated carbocycles. The van der Waals surface area contributed by atoms with E-state index in [9.17, 15) is 4.79 Å². The smallest absolute Gasteiger partial charge is 0.337 e. The molecule has 0 unspecified atom stereocenters. The molecule has 0 bridgehead atoms. The fourth-order valence-corrected chi connectivity index (χ4v) is 3.62. The number of ether oxygens (including phenoxy) is 2. The van der Waals surface area contributed by atoms with E-state index in [0.717, 1.165) is 17.8 Å². The van der Waals surface area contributed by atoms with Crippen LogP contribution >= 0.6 is 0 Å². The van der Waals surface area contributed by atoms with Gasteiger partial charge in [-0.15, -0.1) is 0 Å². The van der Waals surface area contributed by atoms with Gasteiger partial charge in [0.25, 0.3) is 0 Å². The molecule has 0 radical (unpaired) electrons. The summed E-state index contributed by atoms with van der Waals surface area (Å²) in [5, 5.41) is 1.17. The Kier molecular flexibility index (Phi) is 13.3.